The molecule has 4 aromatic carbocycles. The van der Waals surface area contributed by atoms with Gasteiger partial charge in [-0.3, -0.25) is 8.61 Å². The molecule has 0 saturated carbocycles. The van der Waals surface area contributed by atoms with Crippen LogP contribution in [0.1, 0.15) is 43.0 Å². The van der Waals surface area contributed by atoms with E-state index in [1.54, 1.807) is 31.4 Å². The molecule has 3 N–H and O–H groups in total. The van der Waals surface area contributed by atoms with Crippen LogP contribution in [0, 0.1) is 13.8 Å². The second-order valence-electron chi connectivity index (χ2n) is 21.1. The van der Waals surface area contributed by atoms with Crippen LogP contribution in [0.4, 0.5) is 50.8 Å². The minimum Gasteiger partial charge on any atom is -0.444 e. The molecule has 2 fully saturated rings. The quantitative estimate of drug-likeness (QED) is 0.0936. The molecule has 0 spiro atoms. The third-order valence-electron chi connectivity index (χ3n) is 13.9. The number of carbonyl (C=O) groups is 1. The van der Waals surface area contributed by atoms with E-state index in [9.17, 15) is 21.6 Å². The monoisotopic (exact) mass is 1110 g/mol. The smallest absolute Gasteiger partial charge is 0.410 e. The number of ether oxygens (including phenoxy) is 1. The highest BCUT2D eigenvalue weighted by molar-refractivity contribution is 7.92. The van der Waals surface area contributed by atoms with Crippen molar-refractivity contribution in [2.75, 3.05) is 108 Å². The molecule has 1 amide bonds. The molecular formula is C57H70N14O6S2. The Hall–Kier alpha value is -7.95. The van der Waals surface area contributed by atoms with Crippen LogP contribution in [0.3, 0.4) is 0 Å². The molecule has 79 heavy (non-hydrogen) atoms. The van der Waals surface area contributed by atoms with Gasteiger partial charge in [0.2, 0.25) is 31.9 Å². The summed E-state index contributed by atoms with van der Waals surface area (Å²) in [5.41, 5.74) is 10.2. The number of sulfonamides is 2. The van der Waals surface area contributed by atoms with Gasteiger partial charge in [-0.05, 0) is 119 Å². The lowest BCUT2D eigenvalue weighted by Crippen LogP contribution is -2.50. The van der Waals surface area contributed by atoms with Crippen molar-refractivity contribution >= 4 is 94.2 Å². The zero-order valence-electron chi connectivity index (χ0n) is 46.3. The maximum absolute atomic E-state index is 12.4. The molecule has 0 atom stereocenters. The topological polar surface area (TPSA) is 208 Å². The number of fused-ring (bicyclic) bond motifs is 2. The zero-order chi connectivity index (χ0) is 56.2. The number of anilines is 8. The predicted molar refractivity (Wildman–Crippen MR) is 317 cm³/mol. The van der Waals surface area contributed by atoms with Crippen molar-refractivity contribution in [3.8, 4) is 0 Å². The van der Waals surface area contributed by atoms with Crippen molar-refractivity contribution in [1.82, 2.24) is 39.3 Å². The van der Waals surface area contributed by atoms with Crippen molar-refractivity contribution in [1.29, 1.82) is 0 Å². The van der Waals surface area contributed by atoms with E-state index in [1.807, 2.05) is 141 Å². The van der Waals surface area contributed by atoms with E-state index in [0.717, 1.165) is 101 Å². The molecule has 8 aromatic rings. The average Bonchev–Trinajstić information content (AvgIpc) is 4.14. The molecule has 0 unspecified atom stereocenters. The van der Waals surface area contributed by atoms with Gasteiger partial charge in [-0.1, -0.05) is 35.4 Å². The highest BCUT2D eigenvalue weighted by atomic mass is 32.2. The Bertz CT molecular complexity index is 3680. The number of aromatic nitrogens is 6. The summed E-state index contributed by atoms with van der Waals surface area (Å²) in [5.74, 6) is 0.971. The van der Waals surface area contributed by atoms with Crippen molar-refractivity contribution in [2.45, 2.75) is 53.3 Å². The Morgan fingerprint density at radius 2 is 1.03 bits per heavy atom. The fourth-order valence-corrected chi connectivity index (χ4v) is 10.6. The Morgan fingerprint density at radius 3 is 1.43 bits per heavy atom. The summed E-state index contributed by atoms with van der Waals surface area (Å²) in [6.07, 6.45) is 9.62. The Balaban J connectivity index is 0.000000195. The van der Waals surface area contributed by atoms with Gasteiger partial charge < -0.3 is 44.5 Å². The first kappa shape index (κ1) is 55.8. The lowest BCUT2D eigenvalue weighted by Gasteiger charge is -2.36. The van der Waals surface area contributed by atoms with Crippen LogP contribution in [-0.2, 0) is 37.9 Å². The van der Waals surface area contributed by atoms with Crippen LogP contribution in [-0.4, -0.2) is 141 Å². The van der Waals surface area contributed by atoms with Gasteiger partial charge in [0.15, 0.2) is 0 Å². The second kappa shape index (κ2) is 23.2. The summed E-state index contributed by atoms with van der Waals surface area (Å²) in [7, 11) is -3.65. The first-order valence-corrected chi connectivity index (χ1v) is 29.9. The van der Waals surface area contributed by atoms with E-state index in [4.69, 9.17) is 14.7 Å². The molecule has 0 radical (unpaired) electrons. The Morgan fingerprint density at radius 1 is 0.608 bits per heavy atom. The number of aryl methyl sites for hydroxylation is 2. The molecule has 2 aliphatic rings. The summed E-state index contributed by atoms with van der Waals surface area (Å²) in [6, 6.07) is 31.9. The number of piperazine rings is 2. The molecule has 2 saturated heterocycles. The lowest BCUT2D eigenvalue weighted by molar-refractivity contribution is 0.0240. The molecule has 6 heterocycles. The minimum absolute atomic E-state index is 0.268. The van der Waals surface area contributed by atoms with Gasteiger partial charge in [-0.15, -0.1) is 0 Å². The molecule has 20 nitrogen and oxygen atoms in total. The minimum atomic E-state index is -3.41. The summed E-state index contributed by atoms with van der Waals surface area (Å²) in [6.45, 7) is 17.2. The molecule has 416 valence electrons. The molecular weight excluding hydrogens is 1040 g/mol. The highest BCUT2D eigenvalue weighted by Crippen LogP contribution is 2.30. The standard InChI is InChI=1S/C31H39N7O4S.C26H31N7O2S/c1-22-7-12-27(35(5)43(6,40)41)24(19-22)21-38-14-13-23-20-32-29(34-28(23)38)33-25-8-10-26(11-9-25)36-15-17-37(18-16-36)30(39)42-31(2,3)4;1-19-4-9-24(31(2)36(3,34)35)21(16-19)18-33-13-10-20-17-28-26(30-25(20)33)29-22-5-7-23(8-6-22)32-14-11-27-12-15-32/h7-14,19-20H,15-18,21H2,1-6H3,(H,32,33,34);4-10,13,16-17,27H,11-12,14-15,18H2,1-3H3,(H,28,29,30). The van der Waals surface area contributed by atoms with Gasteiger partial charge >= 0.3 is 6.09 Å². The normalized spacial score (nSPS) is 14.2. The van der Waals surface area contributed by atoms with Gasteiger partial charge in [-0.25, -0.2) is 31.6 Å². The predicted octanol–water partition coefficient (Wildman–Crippen LogP) is 8.32. The number of nitrogens with zero attached hydrogens (tertiary/aromatic N) is 11. The van der Waals surface area contributed by atoms with Gasteiger partial charge in [0, 0.05) is 125 Å². The molecule has 0 bridgehead atoms. The SMILES string of the molecule is Cc1ccc(N(C)S(C)(=O)=O)c(Cn2ccc3cnc(Nc4ccc(N5CCN(C(=O)OC(C)(C)C)CC5)cc4)nc32)c1.Cc1ccc(N(C)S(C)(=O)=O)c(Cn2ccc3cnc(Nc4ccc(N5CCNCC5)cc4)nc32)c1. The van der Waals surface area contributed by atoms with E-state index < -0.39 is 25.6 Å². The van der Waals surface area contributed by atoms with Gasteiger partial charge in [0.25, 0.3) is 0 Å². The van der Waals surface area contributed by atoms with Crippen molar-refractivity contribution in [3.63, 3.8) is 0 Å². The van der Waals surface area contributed by atoms with E-state index in [1.165, 1.54) is 26.8 Å². The van der Waals surface area contributed by atoms with Crippen molar-refractivity contribution < 1.29 is 26.4 Å². The van der Waals surface area contributed by atoms with Gasteiger partial charge in [0.05, 0.1) is 37.0 Å². The lowest BCUT2D eigenvalue weighted by atomic mass is 10.1. The van der Waals surface area contributed by atoms with E-state index in [2.05, 4.69) is 47.9 Å². The highest BCUT2D eigenvalue weighted by Gasteiger charge is 2.26. The van der Waals surface area contributed by atoms with E-state index in [0.29, 0.717) is 49.5 Å². The maximum atomic E-state index is 12.4. The van der Waals surface area contributed by atoms with Crippen LogP contribution in [0.2, 0.25) is 0 Å². The zero-order valence-corrected chi connectivity index (χ0v) is 47.9. The number of nitrogens with one attached hydrogen (secondary N) is 3. The van der Waals surface area contributed by atoms with Gasteiger partial charge in [0.1, 0.15) is 16.9 Å². The van der Waals surface area contributed by atoms with E-state index in [-0.39, 0.29) is 6.09 Å². The first-order valence-electron chi connectivity index (χ1n) is 26.2. The third kappa shape index (κ3) is 13.8. The van der Waals surface area contributed by atoms with Crippen molar-refractivity contribution in [2.24, 2.45) is 0 Å². The Kier molecular flexibility index (Phi) is 16.4. The number of hydrogen-bond donors (Lipinski definition) is 3. The van der Waals surface area contributed by atoms with Crippen molar-refractivity contribution in [3.05, 3.63) is 144 Å². The first-order chi connectivity index (χ1) is 37.5. The number of amides is 1. The maximum Gasteiger partial charge on any atom is 0.410 e. The fraction of sp³-hybridized carbons (Fsp3) is 0.351. The molecule has 2 aliphatic heterocycles. The number of benzene rings is 4. The molecule has 4 aromatic heterocycles. The third-order valence-corrected chi connectivity index (χ3v) is 16.2. The fourth-order valence-electron chi connectivity index (χ4n) is 9.50. The van der Waals surface area contributed by atoms with Crippen LogP contribution in [0.15, 0.2) is 122 Å². The average molecular weight is 1110 g/mol. The van der Waals surface area contributed by atoms with E-state index >= 15 is 0 Å². The van der Waals surface area contributed by atoms with Crippen LogP contribution >= 0.6 is 0 Å². The summed E-state index contributed by atoms with van der Waals surface area (Å²) < 4.78 is 61.1. The molecule has 10 rings (SSSR count). The van der Waals surface area contributed by atoms with Gasteiger partial charge in [-0.2, -0.15) is 9.97 Å². The van der Waals surface area contributed by atoms with Crippen LogP contribution in [0.25, 0.3) is 22.1 Å². The van der Waals surface area contributed by atoms with Crippen LogP contribution in [0.5, 0.6) is 0 Å². The molecule has 22 heteroatoms. The molecule has 0 aliphatic carbocycles. The summed E-state index contributed by atoms with van der Waals surface area (Å²) in [5, 5.41) is 11.8. The number of rotatable bonds is 14. The summed E-state index contributed by atoms with van der Waals surface area (Å²) in [4.78, 5) is 37.3. The number of hydrogen-bond acceptors (Lipinski definition) is 15. The van der Waals surface area contributed by atoms with Crippen LogP contribution < -0.4 is 34.4 Å². The summed E-state index contributed by atoms with van der Waals surface area (Å²) >= 11 is 0. The Labute approximate surface area is 463 Å². The largest absolute Gasteiger partial charge is 0.444 e. The second-order valence-corrected chi connectivity index (χ2v) is 25.1. The number of carbonyl (C=O) groups excluding carboxylic acids is 1.